The van der Waals surface area contributed by atoms with Crippen molar-refractivity contribution in [2.45, 2.75) is 25.3 Å². The minimum atomic E-state index is -0.697. The van der Waals surface area contributed by atoms with Gasteiger partial charge in [-0.2, -0.15) is 0 Å². The molecule has 2 fully saturated rings. The van der Waals surface area contributed by atoms with Gasteiger partial charge in [-0.05, 0) is 19.4 Å². The molecular weight excluding hydrogens is 212 g/mol. The van der Waals surface area contributed by atoms with Crippen LogP contribution in [0.2, 0.25) is 0 Å². The third-order valence-electron chi connectivity index (χ3n) is 3.10. The summed E-state index contributed by atoms with van der Waals surface area (Å²) >= 11 is 0. The first-order chi connectivity index (χ1) is 7.27. The van der Waals surface area contributed by atoms with E-state index in [1.165, 1.54) is 6.42 Å². The van der Waals surface area contributed by atoms with Gasteiger partial charge in [-0.25, -0.2) is 0 Å². The molecule has 1 atom stereocenters. The maximum absolute atomic E-state index is 12.0. The Hall–Kier alpha value is -0.420. The number of hydrogen-bond acceptors (Lipinski definition) is 3. The van der Waals surface area contributed by atoms with Crippen molar-refractivity contribution in [2.75, 3.05) is 31.1 Å². The highest BCUT2D eigenvalue weighted by atomic mass is 32.2. The van der Waals surface area contributed by atoms with Crippen molar-refractivity contribution in [3.05, 3.63) is 0 Å². The molecule has 15 heavy (non-hydrogen) atoms. The van der Waals surface area contributed by atoms with Gasteiger partial charge in [0.15, 0.2) is 0 Å². The van der Waals surface area contributed by atoms with E-state index in [1.54, 1.807) is 0 Å². The van der Waals surface area contributed by atoms with Crippen molar-refractivity contribution in [1.29, 1.82) is 0 Å². The van der Waals surface area contributed by atoms with E-state index < -0.39 is 10.8 Å². The van der Waals surface area contributed by atoms with Crippen molar-refractivity contribution in [2.24, 2.45) is 0 Å². The summed E-state index contributed by atoms with van der Waals surface area (Å²) in [5, 5.41) is 3.26. The van der Waals surface area contributed by atoms with Gasteiger partial charge in [-0.1, -0.05) is 6.42 Å². The first-order valence-corrected chi connectivity index (χ1v) is 7.13. The fraction of sp³-hybridized carbons (Fsp3) is 0.900. The molecule has 86 valence electrons. The lowest BCUT2D eigenvalue weighted by Crippen LogP contribution is -2.52. The standard InChI is InChI=1S/C10H18N2O2S/c13-10(9-3-1-2-4-11-9)12-5-7-15(14)8-6-12/h9,11H,1-8H2/t9-/m0/s1. The van der Waals surface area contributed by atoms with Gasteiger partial charge in [0.05, 0.1) is 6.04 Å². The molecule has 2 rings (SSSR count). The van der Waals surface area contributed by atoms with Gasteiger partial charge in [0.2, 0.25) is 5.91 Å². The number of carbonyl (C=O) groups is 1. The second-order valence-corrected chi connectivity index (χ2v) is 5.87. The van der Waals surface area contributed by atoms with Crippen molar-refractivity contribution in [3.63, 3.8) is 0 Å². The van der Waals surface area contributed by atoms with Gasteiger partial charge in [0, 0.05) is 35.4 Å². The quantitative estimate of drug-likeness (QED) is 0.674. The average molecular weight is 230 g/mol. The maximum atomic E-state index is 12.0. The Morgan fingerprint density at radius 2 is 2.00 bits per heavy atom. The zero-order chi connectivity index (χ0) is 10.7. The molecule has 0 radical (unpaired) electrons. The van der Waals surface area contributed by atoms with Crippen LogP contribution in [0.25, 0.3) is 0 Å². The molecule has 2 saturated heterocycles. The Morgan fingerprint density at radius 3 is 2.60 bits per heavy atom. The fourth-order valence-corrected chi connectivity index (χ4v) is 3.19. The van der Waals surface area contributed by atoms with E-state index >= 15 is 0 Å². The highest BCUT2D eigenvalue weighted by Crippen LogP contribution is 2.11. The Bertz CT molecular complexity index is 254. The van der Waals surface area contributed by atoms with Crippen molar-refractivity contribution >= 4 is 16.7 Å². The van der Waals surface area contributed by atoms with Gasteiger partial charge in [-0.15, -0.1) is 0 Å². The summed E-state index contributed by atoms with van der Waals surface area (Å²) in [6, 6.07) is 0.0188. The highest BCUT2D eigenvalue weighted by molar-refractivity contribution is 7.85. The van der Waals surface area contributed by atoms with Crippen LogP contribution in [0.4, 0.5) is 0 Å². The van der Waals surface area contributed by atoms with Crippen molar-refractivity contribution < 1.29 is 9.00 Å². The van der Waals surface area contributed by atoms with Gasteiger partial charge >= 0.3 is 0 Å². The third kappa shape index (κ3) is 2.78. The number of amides is 1. The molecule has 2 aliphatic rings. The molecule has 1 amide bonds. The lowest BCUT2D eigenvalue weighted by Gasteiger charge is -2.32. The van der Waals surface area contributed by atoms with Crippen LogP contribution < -0.4 is 5.32 Å². The molecule has 5 heteroatoms. The molecule has 0 aromatic carbocycles. The smallest absolute Gasteiger partial charge is 0.239 e. The van der Waals surface area contributed by atoms with Crippen LogP contribution in [0.1, 0.15) is 19.3 Å². The predicted molar refractivity (Wildman–Crippen MR) is 60.1 cm³/mol. The van der Waals surface area contributed by atoms with E-state index in [2.05, 4.69) is 5.32 Å². The SMILES string of the molecule is O=C([C@@H]1CCCCN1)N1CCS(=O)CC1. The van der Waals surface area contributed by atoms with Crippen LogP contribution in [0.15, 0.2) is 0 Å². The normalized spacial score (nSPS) is 29.1. The summed E-state index contributed by atoms with van der Waals surface area (Å²) in [5.74, 6) is 1.52. The second-order valence-electron chi connectivity index (χ2n) is 4.18. The molecule has 0 bridgehead atoms. The van der Waals surface area contributed by atoms with Crippen LogP contribution in [0.3, 0.4) is 0 Å². The van der Waals surface area contributed by atoms with E-state index in [0.29, 0.717) is 24.6 Å². The largest absolute Gasteiger partial charge is 0.340 e. The summed E-state index contributed by atoms with van der Waals surface area (Å²) in [4.78, 5) is 13.9. The van der Waals surface area contributed by atoms with Crippen LogP contribution >= 0.6 is 0 Å². The number of hydrogen-bond donors (Lipinski definition) is 1. The van der Waals surface area contributed by atoms with Crippen molar-refractivity contribution in [3.8, 4) is 0 Å². The number of carbonyl (C=O) groups excluding carboxylic acids is 1. The Labute approximate surface area is 92.9 Å². The summed E-state index contributed by atoms with van der Waals surface area (Å²) in [6.07, 6.45) is 3.27. The van der Waals surface area contributed by atoms with E-state index in [0.717, 1.165) is 19.4 Å². The molecule has 0 aromatic heterocycles. The second kappa shape index (κ2) is 5.07. The third-order valence-corrected chi connectivity index (χ3v) is 4.37. The highest BCUT2D eigenvalue weighted by Gasteiger charge is 2.27. The Kier molecular flexibility index (Phi) is 3.75. The van der Waals surface area contributed by atoms with Gasteiger partial charge < -0.3 is 10.2 Å². The molecule has 0 spiro atoms. The lowest BCUT2D eigenvalue weighted by molar-refractivity contribution is -0.133. The molecule has 0 unspecified atom stereocenters. The molecule has 4 nitrogen and oxygen atoms in total. The molecule has 0 aliphatic carbocycles. The number of piperidine rings is 1. The first-order valence-electron chi connectivity index (χ1n) is 5.64. The molecular formula is C10H18N2O2S. The van der Waals surface area contributed by atoms with Crippen LogP contribution in [0, 0.1) is 0 Å². The molecule has 2 aliphatic heterocycles. The maximum Gasteiger partial charge on any atom is 0.239 e. The zero-order valence-corrected chi connectivity index (χ0v) is 9.72. The average Bonchev–Trinajstić information content (AvgIpc) is 2.30. The summed E-state index contributed by atoms with van der Waals surface area (Å²) in [5.41, 5.74) is 0. The van der Waals surface area contributed by atoms with Gasteiger partial charge in [0.25, 0.3) is 0 Å². The van der Waals surface area contributed by atoms with Crippen LogP contribution in [-0.2, 0) is 15.6 Å². The lowest BCUT2D eigenvalue weighted by atomic mass is 10.0. The Morgan fingerprint density at radius 1 is 1.27 bits per heavy atom. The summed E-state index contributed by atoms with van der Waals surface area (Å²) in [7, 11) is -0.697. The summed E-state index contributed by atoms with van der Waals surface area (Å²) in [6.45, 7) is 2.30. The van der Waals surface area contributed by atoms with Crippen LogP contribution in [0.5, 0.6) is 0 Å². The van der Waals surface area contributed by atoms with E-state index in [9.17, 15) is 9.00 Å². The van der Waals surface area contributed by atoms with E-state index in [1.807, 2.05) is 4.90 Å². The minimum Gasteiger partial charge on any atom is -0.340 e. The van der Waals surface area contributed by atoms with Crippen molar-refractivity contribution in [1.82, 2.24) is 10.2 Å². The van der Waals surface area contributed by atoms with E-state index in [-0.39, 0.29) is 11.9 Å². The number of nitrogens with zero attached hydrogens (tertiary/aromatic N) is 1. The monoisotopic (exact) mass is 230 g/mol. The minimum absolute atomic E-state index is 0.0188. The van der Waals surface area contributed by atoms with Gasteiger partial charge in [-0.3, -0.25) is 9.00 Å². The number of rotatable bonds is 1. The zero-order valence-electron chi connectivity index (χ0n) is 8.91. The van der Waals surface area contributed by atoms with Crippen LogP contribution in [-0.4, -0.2) is 52.2 Å². The predicted octanol–water partition coefficient (Wildman–Crippen LogP) is -0.281. The fourth-order valence-electron chi connectivity index (χ4n) is 2.14. The molecule has 1 N–H and O–H groups in total. The number of nitrogens with one attached hydrogen (secondary N) is 1. The van der Waals surface area contributed by atoms with Gasteiger partial charge in [0.1, 0.15) is 0 Å². The Balaban J connectivity index is 1.86. The topological polar surface area (TPSA) is 49.4 Å². The molecule has 2 heterocycles. The molecule has 0 aromatic rings. The van der Waals surface area contributed by atoms with E-state index in [4.69, 9.17) is 0 Å². The first kappa shape index (κ1) is 11.1. The summed E-state index contributed by atoms with van der Waals surface area (Å²) < 4.78 is 11.2. The molecule has 0 saturated carbocycles.